The maximum absolute atomic E-state index is 9.47. The summed E-state index contributed by atoms with van der Waals surface area (Å²) in [6, 6.07) is 0.612. The molecule has 0 aromatic carbocycles. The van der Waals surface area contributed by atoms with Crippen molar-refractivity contribution in [3.8, 4) is 0 Å². The van der Waals surface area contributed by atoms with Crippen LogP contribution >= 0.6 is 11.3 Å². The van der Waals surface area contributed by atoms with Gasteiger partial charge in [-0.15, -0.1) is 0 Å². The first-order chi connectivity index (χ1) is 9.02. The van der Waals surface area contributed by atoms with E-state index in [1.54, 1.807) is 11.3 Å². The number of nitrogens with zero attached hydrogens (tertiary/aromatic N) is 2. The molecule has 1 N–H and O–H groups in total. The van der Waals surface area contributed by atoms with Gasteiger partial charge in [-0.2, -0.15) is 0 Å². The molecule has 1 aliphatic carbocycles. The van der Waals surface area contributed by atoms with E-state index in [4.69, 9.17) is 4.98 Å². The van der Waals surface area contributed by atoms with Crippen LogP contribution in [0.25, 0.3) is 0 Å². The number of aromatic nitrogens is 1. The standard InChI is InChI=1S/C15H26N2OS/c1-10(2)14-13(9-18)19-15(16-14)17(4)12-7-5-6-11(3)8-12/h10-12,18H,5-9H2,1-4H3. The predicted molar refractivity (Wildman–Crippen MR) is 81.9 cm³/mol. The Hall–Kier alpha value is -0.610. The number of hydrogen-bond donors (Lipinski definition) is 1. The van der Waals surface area contributed by atoms with Crippen LogP contribution in [0, 0.1) is 5.92 Å². The van der Waals surface area contributed by atoms with E-state index >= 15 is 0 Å². The summed E-state index contributed by atoms with van der Waals surface area (Å²) in [6.45, 7) is 6.74. The average molecular weight is 282 g/mol. The van der Waals surface area contributed by atoms with Gasteiger partial charge in [-0.3, -0.25) is 0 Å². The van der Waals surface area contributed by atoms with E-state index in [9.17, 15) is 5.11 Å². The second kappa shape index (κ2) is 6.23. The highest BCUT2D eigenvalue weighted by atomic mass is 32.1. The van der Waals surface area contributed by atoms with Gasteiger partial charge >= 0.3 is 0 Å². The van der Waals surface area contributed by atoms with Gasteiger partial charge < -0.3 is 10.0 Å². The zero-order valence-electron chi connectivity index (χ0n) is 12.5. The van der Waals surface area contributed by atoms with Crippen molar-refractivity contribution in [2.45, 2.75) is 65.0 Å². The third-order valence-electron chi connectivity index (χ3n) is 4.16. The van der Waals surface area contributed by atoms with E-state index in [1.165, 1.54) is 25.7 Å². The topological polar surface area (TPSA) is 36.4 Å². The van der Waals surface area contributed by atoms with E-state index in [-0.39, 0.29) is 6.61 Å². The highest BCUT2D eigenvalue weighted by molar-refractivity contribution is 7.15. The summed E-state index contributed by atoms with van der Waals surface area (Å²) in [5.41, 5.74) is 1.07. The predicted octanol–water partition coefficient (Wildman–Crippen LogP) is 3.77. The molecule has 0 aliphatic heterocycles. The molecule has 0 amide bonds. The molecule has 1 aliphatic rings. The van der Waals surface area contributed by atoms with Gasteiger partial charge in [-0.1, -0.05) is 44.9 Å². The van der Waals surface area contributed by atoms with Crippen molar-refractivity contribution in [1.29, 1.82) is 0 Å². The first kappa shape index (κ1) is 14.8. The molecule has 1 aromatic heterocycles. The lowest BCUT2D eigenvalue weighted by Gasteiger charge is -2.34. The van der Waals surface area contributed by atoms with Crippen LogP contribution in [0.15, 0.2) is 0 Å². The maximum Gasteiger partial charge on any atom is 0.185 e. The molecule has 2 unspecified atom stereocenters. The Kier molecular flexibility index (Phi) is 4.85. The van der Waals surface area contributed by atoms with Gasteiger partial charge in [-0.25, -0.2) is 4.98 Å². The summed E-state index contributed by atoms with van der Waals surface area (Å²) in [4.78, 5) is 8.13. The summed E-state index contributed by atoms with van der Waals surface area (Å²) < 4.78 is 0. The maximum atomic E-state index is 9.47. The Morgan fingerprint density at radius 2 is 2.16 bits per heavy atom. The highest BCUT2D eigenvalue weighted by Gasteiger charge is 2.25. The number of aliphatic hydroxyl groups excluding tert-OH is 1. The van der Waals surface area contributed by atoms with Crippen LogP contribution in [-0.2, 0) is 6.61 Å². The van der Waals surface area contributed by atoms with Crippen LogP contribution in [0.2, 0.25) is 0 Å². The summed E-state index contributed by atoms with van der Waals surface area (Å²) in [7, 11) is 2.16. The first-order valence-electron chi connectivity index (χ1n) is 7.36. The Morgan fingerprint density at radius 3 is 2.68 bits per heavy atom. The average Bonchev–Trinajstić information content (AvgIpc) is 2.82. The SMILES string of the molecule is CC1CCCC(N(C)c2nc(C(C)C)c(CO)s2)C1. The fourth-order valence-corrected chi connectivity index (χ4v) is 4.08. The van der Waals surface area contributed by atoms with Crippen molar-refractivity contribution < 1.29 is 5.11 Å². The van der Waals surface area contributed by atoms with E-state index in [1.807, 2.05) is 0 Å². The molecule has 3 nitrogen and oxygen atoms in total. The minimum Gasteiger partial charge on any atom is -0.391 e. The lowest BCUT2D eigenvalue weighted by molar-refractivity contribution is 0.283. The van der Waals surface area contributed by atoms with Gasteiger partial charge in [0.2, 0.25) is 0 Å². The minimum absolute atomic E-state index is 0.111. The van der Waals surface area contributed by atoms with Gasteiger partial charge in [0.1, 0.15) is 0 Å². The van der Waals surface area contributed by atoms with Crippen molar-refractivity contribution in [3.63, 3.8) is 0 Å². The number of hydrogen-bond acceptors (Lipinski definition) is 4. The molecule has 1 fully saturated rings. The van der Waals surface area contributed by atoms with Crippen LogP contribution in [0.3, 0.4) is 0 Å². The summed E-state index contributed by atoms with van der Waals surface area (Å²) >= 11 is 1.66. The van der Waals surface area contributed by atoms with Crippen molar-refractivity contribution in [2.75, 3.05) is 11.9 Å². The fraction of sp³-hybridized carbons (Fsp3) is 0.800. The molecule has 0 bridgehead atoms. The lowest BCUT2D eigenvalue weighted by Crippen LogP contribution is -2.35. The molecule has 4 heteroatoms. The van der Waals surface area contributed by atoms with Crippen LogP contribution in [0.5, 0.6) is 0 Å². The molecule has 0 spiro atoms. The summed E-state index contributed by atoms with van der Waals surface area (Å²) in [5, 5.41) is 10.5. The van der Waals surface area contributed by atoms with Crippen LogP contribution in [0.1, 0.15) is 62.9 Å². The summed E-state index contributed by atoms with van der Waals surface area (Å²) in [6.07, 6.45) is 5.22. The second-order valence-corrected chi connectivity index (χ2v) is 7.22. The van der Waals surface area contributed by atoms with Crippen molar-refractivity contribution in [3.05, 3.63) is 10.6 Å². The number of anilines is 1. The minimum atomic E-state index is 0.111. The zero-order chi connectivity index (χ0) is 14.0. The normalized spacial score (nSPS) is 23.9. The van der Waals surface area contributed by atoms with Crippen molar-refractivity contribution >= 4 is 16.5 Å². The van der Waals surface area contributed by atoms with E-state index in [0.29, 0.717) is 12.0 Å². The Bertz CT molecular complexity index is 416. The summed E-state index contributed by atoms with van der Waals surface area (Å²) in [5.74, 6) is 1.20. The second-order valence-electron chi connectivity index (χ2n) is 6.15. The largest absolute Gasteiger partial charge is 0.391 e. The van der Waals surface area contributed by atoms with E-state index < -0.39 is 0 Å². The molecule has 0 radical (unpaired) electrons. The smallest absolute Gasteiger partial charge is 0.185 e. The monoisotopic (exact) mass is 282 g/mol. The van der Waals surface area contributed by atoms with Crippen molar-refractivity contribution in [2.24, 2.45) is 5.92 Å². The molecule has 1 saturated carbocycles. The Labute approximate surface area is 120 Å². The number of thiazole rings is 1. The molecule has 0 saturated heterocycles. The zero-order valence-corrected chi connectivity index (χ0v) is 13.3. The molecule has 1 heterocycles. The van der Waals surface area contributed by atoms with Crippen LogP contribution < -0.4 is 4.90 Å². The molecule has 1 aromatic rings. The van der Waals surface area contributed by atoms with Gasteiger partial charge in [0.05, 0.1) is 17.2 Å². The highest BCUT2D eigenvalue weighted by Crippen LogP contribution is 2.34. The van der Waals surface area contributed by atoms with Crippen molar-refractivity contribution in [1.82, 2.24) is 4.98 Å². The number of aliphatic hydroxyl groups is 1. The van der Waals surface area contributed by atoms with Gasteiger partial charge in [0.15, 0.2) is 5.13 Å². The van der Waals surface area contributed by atoms with E-state index in [2.05, 4.69) is 32.7 Å². The third-order valence-corrected chi connectivity index (χ3v) is 5.31. The quantitative estimate of drug-likeness (QED) is 0.913. The molecule has 2 atom stereocenters. The molecule has 108 valence electrons. The van der Waals surface area contributed by atoms with Gasteiger partial charge in [0, 0.05) is 13.1 Å². The Morgan fingerprint density at radius 1 is 1.42 bits per heavy atom. The molecule has 2 rings (SSSR count). The molecule has 19 heavy (non-hydrogen) atoms. The van der Waals surface area contributed by atoms with Gasteiger partial charge in [-0.05, 0) is 24.7 Å². The van der Waals surface area contributed by atoms with Crippen LogP contribution in [0.4, 0.5) is 5.13 Å². The number of rotatable bonds is 4. The van der Waals surface area contributed by atoms with Crippen LogP contribution in [-0.4, -0.2) is 23.2 Å². The molecular weight excluding hydrogens is 256 g/mol. The Balaban J connectivity index is 2.16. The fourth-order valence-electron chi connectivity index (χ4n) is 2.98. The van der Waals surface area contributed by atoms with E-state index in [0.717, 1.165) is 21.6 Å². The first-order valence-corrected chi connectivity index (χ1v) is 8.17. The van der Waals surface area contributed by atoms with Gasteiger partial charge in [0.25, 0.3) is 0 Å². The molecular formula is C15H26N2OS. The third kappa shape index (κ3) is 3.29. The lowest BCUT2D eigenvalue weighted by atomic mass is 9.86.